The normalized spacial score (nSPS) is 14.3. The van der Waals surface area contributed by atoms with Crippen molar-refractivity contribution in [3.8, 4) is 12.1 Å². The van der Waals surface area contributed by atoms with Crippen LogP contribution in [0, 0.1) is 34.0 Å². The summed E-state index contributed by atoms with van der Waals surface area (Å²) in [6.07, 6.45) is 1.01. The Morgan fingerprint density at radius 1 is 1.46 bits per heavy atom. The highest BCUT2D eigenvalue weighted by atomic mass is 16.1. The molecule has 0 aromatic carbocycles. The summed E-state index contributed by atoms with van der Waals surface area (Å²) in [6, 6.07) is 3.77. The van der Waals surface area contributed by atoms with Crippen LogP contribution in [-0.4, -0.2) is 5.78 Å². The number of carbonyl (C=O) groups excluding carboxylic acids is 1. The minimum atomic E-state index is -0.672. The van der Waals surface area contributed by atoms with Crippen LogP contribution in [0.5, 0.6) is 0 Å². The van der Waals surface area contributed by atoms with E-state index in [1.807, 2.05) is 19.1 Å². The van der Waals surface area contributed by atoms with Crippen LogP contribution < -0.4 is 0 Å². The maximum absolute atomic E-state index is 11.2. The fourth-order valence-corrected chi connectivity index (χ4v) is 1.11. The largest absolute Gasteiger partial charge is 0.299 e. The van der Waals surface area contributed by atoms with Gasteiger partial charge in [0.2, 0.25) is 0 Å². The standard InChI is InChI=1S/C10H14N2O/c1-4-10(3,8(2)13)5-9(6-11)7-12/h9H,4-5H2,1-3H3. The third kappa shape index (κ3) is 2.87. The van der Waals surface area contributed by atoms with Gasteiger partial charge in [-0.25, -0.2) is 0 Å². The summed E-state index contributed by atoms with van der Waals surface area (Å²) in [5, 5.41) is 17.2. The van der Waals surface area contributed by atoms with Gasteiger partial charge in [0.25, 0.3) is 0 Å². The summed E-state index contributed by atoms with van der Waals surface area (Å²) < 4.78 is 0. The topological polar surface area (TPSA) is 64.7 Å². The summed E-state index contributed by atoms with van der Waals surface area (Å²) in [6.45, 7) is 5.21. The van der Waals surface area contributed by atoms with Crippen molar-refractivity contribution in [1.82, 2.24) is 0 Å². The van der Waals surface area contributed by atoms with E-state index in [1.165, 1.54) is 6.92 Å². The van der Waals surface area contributed by atoms with Gasteiger partial charge in [0.05, 0.1) is 12.1 Å². The Morgan fingerprint density at radius 2 is 1.92 bits per heavy atom. The second kappa shape index (κ2) is 4.62. The molecule has 13 heavy (non-hydrogen) atoms. The Morgan fingerprint density at radius 3 is 2.15 bits per heavy atom. The lowest BCUT2D eigenvalue weighted by Crippen LogP contribution is -2.27. The van der Waals surface area contributed by atoms with Crippen molar-refractivity contribution in [2.45, 2.75) is 33.6 Å². The fourth-order valence-electron chi connectivity index (χ4n) is 1.11. The average Bonchev–Trinajstić information content (AvgIpc) is 2.13. The number of ketones is 1. The summed E-state index contributed by atoms with van der Waals surface area (Å²) >= 11 is 0. The minimum absolute atomic E-state index is 0.0468. The van der Waals surface area contributed by atoms with Crippen molar-refractivity contribution in [1.29, 1.82) is 10.5 Å². The van der Waals surface area contributed by atoms with Crippen LogP contribution in [0.25, 0.3) is 0 Å². The molecular formula is C10H14N2O. The molecule has 0 amide bonds. The highest BCUT2D eigenvalue weighted by molar-refractivity contribution is 5.81. The molecule has 0 aromatic heterocycles. The van der Waals surface area contributed by atoms with Crippen molar-refractivity contribution < 1.29 is 4.79 Å². The minimum Gasteiger partial charge on any atom is -0.299 e. The summed E-state index contributed by atoms with van der Waals surface area (Å²) in [4.78, 5) is 11.2. The predicted octanol–water partition coefficient (Wildman–Crippen LogP) is 2.05. The highest BCUT2D eigenvalue weighted by Gasteiger charge is 2.30. The average molecular weight is 178 g/mol. The SMILES string of the molecule is CCC(C)(CC(C#N)C#N)C(C)=O. The lowest BCUT2D eigenvalue weighted by Gasteiger charge is -2.24. The Hall–Kier alpha value is -1.35. The first-order valence-corrected chi connectivity index (χ1v) is 4.30. The molecule has 0 saturated heterocycles. The van der Waals surface area contributed by atoms with Crippen LogP contribution >= 0.6 is 0 Å². The zero-order valence-corrected chi connectivity index (χ0v) is 8.29. The van der Waals surface area contributed by atoms with Gasteiger partial charge in [0.1, 0.15) is 11.7 Å². The summed E-state index contributed by atoms with van der Waals surface area (Å²) in [7, 11) is 0. The van der Waals surface area contributed by atoms with Gasteiger partial charge in [0.15, 0.2) is 0 Å². The Labute approximate surface area is 79.0 Å². The number of hydrogen-bond donors (Lipinski definition) is 0. The van der Waals surface area contributed by atoms with Crippen LogP contribution in [-0.2, 0) is 4.79 Å². The van der Waals surface area contributed by atoms with E-state index in [4.69, 9.17) is 10.5 Å². The number of rotatable bonds is 4. The van der Waals surface area contributed by atoms with Gasteiger partial charge in [-0.1, -0.05) is 13.8 Å². The van der Waals surface area contributed by atoms with Gasteiger partial charge < -0.3 is 0 Å². The monoisotopic (exact) mass is 178 g/mol. The summed E-state index contributed by atoms with van der Waals surface area (Å²) in [5.74, 6) is -0.626. The number of carbonyl (C=O) groups is 1. The van der Waals surface area contributed by atoms with E-state index < -0.39 is 11.3 Å². The molecule has 0 saturated carbocycles. The molecule has 1 atom stereocenters. The van der Waals surface area contributed by atoms with Gasteiger partial charge in [0, 0.05) is 5.41 Å². The molecule has 0 N–H and O–H groups in total. The Bertz CT molecular complexity index is 258. The molecule has 0 rings (SSSR count). The van der Waals surface area contributed by atoms with E-state index in [0.717, 1.165) is 0 Å². The first kappa shape index (κ1) is 11.6. The third-order valence-electron chi connectivity index (χ3n) is 2.60. The molecular weight excluding hydrogens is 164 g/mol. The summed E-state index contributed by atoms with van der Waals surface area (Å²) in [5.41, 5.74) is -0.518. The third-order valence-corrected chi connectivity index (χ3v) is 2.60. The van der Waals surface area contributed by atoms with Gasteiger partial charge in [-0.05, 0) is 19.8 Å². The van der Waals surface area contributed by atoms with E-state index in [1.54, 1.807) is 6.92 Å². The van der Waals surface area contributed by atoms with Gasteiger partial charge >= 0.3 is 0 Å². The van der Waals surface area contributed by atoms with E-state index in [2.05, 4.69) is 0 Å². The molecule has 0 fully saturated rings. The zero-order valence-electron chi connectivity index (χ0n) is 8.29. The Balaban J connectivity index is 4.57. The van der Waals surface area contributed by atoms with Crippen molar-refractivity contribution in [2.75, 3.05) is 0 Å². The lowest BCUT2D eigenvalue weighted by molar-refractivity contribution is -0.126. The van der Waals surface area contributed by atoms with Gasteiger partial charge in [-0.3, -0.25) is 4.79 Å². The van der Waals surface area contributed by atoms with Crippen LogP contribution in [0.15, 0.2) is 0 Å². The molecule has 0 aliphatic heterocycles. The number of hydrogen-bond acceptors (Lipinski definition) is 3. The second-order valence-electron chi connectivity index (χ2n) is 3.49. The Kier molecular flexibility index (Phi) is 4.14. The van der Waals surface area contributed by atoms with Crippen molar-refractivity contribution in [3.63, 3.8) is 0 Å². The maximum Gasteiger partial charge on any atom is 0.135 e. The van der Waals surface area contributed by atoms with Crippen molar-refractivity contribution in [3.05, 3.63) is 0 Å². The zero-order chi connectivity index (χ0) is 10.5. The molecule has 0 spiro atoms. The van der Waals surface area contributed by atoms with E-state index in [0.29, 0.717) is 12.8 Å². The molecule has 70 valence electrons. The molecule has 0 aliphatic rings. The van der Waals surface area contributed by atoms with E-state index in [9.17, 15) is 4.79 Å². The van der Waals surface area contributed by atoms with Crippen LogP contribution in [0.4, 0.5) is 0 Å². The van der Waals surface area contributed by atoms with Crippen LogP contribution in [0.2, 0.25) is 0 Å². The van der Waals surface area contributed by atoms with Crippen molar-refractivity contribution in [2.24, 2.45) is 11.3 Å². The first-order valence-electron chi connectivity index (χ1n) is 4.30. The number of nitrogens with zero attached hydrogens (tertiary/aromatic N) is 2. The first-order chi connectivity index (χ1) is 6.00. The lowest BCUT2D eigenvalue weighted by atomic mass is 9.76. The maximum atomic E-state index is 11.2. The quantitative estimate of drug-likeness (QED) is 0.661. The molecule has 3 heteroatoms. The molecule has 0 bridgehead atoms. The van der Waals surface area contributed by atoms with Crippen molar-refractivity contribution >= 4 is 5.78 Å². The fraction of sp³-hybridized carbons (Fsp3) is 0.700. The van der Waals surface area contributed by atoms with Gasteiger partial charge in [-0.2, -0.15) is 10.5 Å². The molecule has 0 aliphatic carbocycles. The second-order valence-corrected chi connectivity index (χ2v) is 3.49. The van der Waals surface area contributed by atoms with Crippen LogP contribution in [0.1, 0.15) is 33.6 Å². The highest BCUT2D eigenvalue weighted by Crippen LogP contribution is 2.30. The molecule has 0 aromatic rings. The molecule has 0 heterocycles. The van der Waals surface area contributed by atoms with Crippen LogP contribution in [0.3, 0.4) is 0 Å². The van der Waals surface area contributed by atoms with E-state index >= 15 is 0 Å². The van der Waals surface area contributed by atoms with E-state index in [-0.39, 0.29) is 5.78 Å². The number of Topliss-reactive ketones (excluding diaryl/α,β-unsaturated/α-hetero) is 1. The number of nitriles is 2. The smallest absolute Gasteiger partial charge is 0.135 e. The molecule has 0 radical (unpaired) electrons. The predicted molar refractivity (Wildman–Crippen MR) is 48.4 cm³/mol. The van der Waals surface area contributed by atoms with Gasteiger partial charge in [-0.15, -0.1) is 0 Å². The molecule has 1 unspecified atom stereocenters. The molecule has 3 nitrogen and oxygen atoms in total.